The fourth-order valence-corrected chi connectivity index (χ4v) is 4.08. The Morgan fingerprint density at radius 3 is 2.45 bits per heavy atom. The van der Waals surface area contributed by atoms with Crippen LogP contribution in [0.2, 0.25) is 0 Å². The van der Waals surface area contributed by atoms with Crippen LogP contribution in [0.15, 0.2) is 72.1 Å². The minimum absolute atomic E-state index is 0.123. The Kier molecular flexibility index (Phi) is 5.36. The van der Waals surface area contributed by atoms with Crippen LogP contribution in [-0.4, -0.2) is 32.7 Å². The van der Waals surface area contributed by atoms with Crippen molar-refractivity contribution in [2.45, 2.75) is 24.1 Å². The Morgan fingerprint density at radius 1 is 1.07 bits per heavy atom. The van der Waals surface area contributed by atoms with Crippen LogP contribution in [0.1, 0.15) is 13.8 Å². The van der Waals surface area contributed by atoms with Crippen molar-refractivity contribution in [1.29, 1.82) is 0 Å². The fourth-order valence-electron chi connectivity index (χ4n) is 3.15. The van der Waals surface area contributed by atoms with Gasteiger partial charge in [0.05, 0.1) is 17.7 Å². The Hall–Kier alpha value is -3.12. The van der Waals surface area contributed by atoms with E-state index in [-0.39, 0.29) is 11.0 Å². The molecule has 0 unspecified atom stereocenters. The summed E-state index contributed by atoms with van der Waals surface area (Å²) in [5.74, 6) is 0.923. The zero-order valence-corrected chi connectivity index (χ0v) is 17.3. The first-order valence-corrected chi connectivity index (χ1v) is 10.2. The van der Waals surface area contributed by atoms with Crippen molar-refractivity contribution < 1.29 is 9.53 Å². The maximum Gasteiger partial charge on any atom is 0.149 e. The molecular weight excluding hydrogens is 382 g/mol. The fraction of sp³-hybridized carbons (Fsp3) is 0.174. The third kappa shape index (κ3) is 3.76. The first kappa shape index (κ1) is 19.2. The first-order valence-electron chi connectivity index (χ1n) is 9.31. The summed E-state index contributed by atoms with van der Waals surface area (Å²) in [5, 5.41) is 1.58. The minimum atomic E-state index is -0.180. The van der Waals surface area contributed by atoms with E-state index in [0.717, 1.165) is 38.6 Å². The van der Waals surface area contributed by atoms with Crippen molar-refractivity contribution in [1.82, 2.24) is 14.5 Å². The van der Waals surface area contributed by atoms with Crippen molar-refractivity contribution in [2.75, 3.05) is 7.11 Å². The molecule has 4 rings (SSSR count). The quantitative estimate of drug-likeness (QED) is 0.328. The number of thioether (sulfide) groups is 1. The molecule has 0 saturated carbocycles. The van der Waals surface area contributed by atoms with Gasteiger partial charge in [-0.05, 0) is 43.7 Å². The summed E-state index contributed by atoms with van der Waals surface area (Å²) in [5.41, 5.74) is 3.90. The topological polar surface area (TPSA) is 57.0 Å². The predicted octanol–water partition coefficient (Wildman–Crippen LogP) is 5.17. The lowest BCUT2D eigenvalue weighted by molar-refractivity contribution is -0.116. The molecule has 0 radical (unpaired) electrons. The SMILES string of the molecule is COc1ccc(-n2cc(-c3ccccc3)c3c(S[C@H](C)C(C)=O)ncnc32)cc1. The van der Waals surface area contributed by atoms with Gasteiger partial charge < -0.3 is 9.30 Å². The van der Waals surface area contributed by atoms with E-state index in [0.29, 0.717) is 0 Å². The number of hydrogen-bond acceptors (Lipinski definition) is 5. The van der Waals surface area contributed by atoms with Gasteiger partial charge in [-0.25, -0.2) is 9.97 Å². The van der Waals surface area contributed by atoms with Crippen LogP contribution in [0.25, 0.3) is 27.8 Å². The number of nitrogens with zero attached hydrogens (tertiary/aromatic N) is 3. The molecule has 1 atom stereocenters. The second-order valence-corrected chi connectivity index (χ2v) is 8.05. The number of hydrogen-bond donors (Lipinski definition) is 0. The normalized spacial score (nSPS) is 12.1. The molecule has 0 saturated heterocycles. The number of fused-ring (bicyclic) bond motifs is 1. The van der Waals surface area contributed by atoms with Crippen LogP contribution in [0.4, 0.5) is 0 Å². The molecule has 0 aliphatic rings. The Bertz CT molecular complexity index is 1150. The standard InChI is InChI=1S/C23H21N3O2S/c1-15(27)16(2)29-23-21-20(17-7-5-4-6-8-17)13-26(22(21)24-14-25-23)18-9-11-19(28-3)12-10-18/h4-14,16H,1-3H3/t16-/m1/s1. The molecule has 0 amide bonds. The molecule has 5 nitrogen and oxygen atoms in total. The van der Waals surface area contributed by atoms with E-state index >= 15 is 0 Å². The Labute approximate surface area is 173 Å². The second kappa shape index (κ2) is 8.09. The Balaban J connectivity index is 1.95. The van der Waals surface area contributed by atoms with E-state index < -0.39 is 0 Å². The predicted molar refractivity (Wildman–Crippen MR) is 117 cm³/mol. The van der Waals surface area contributed by atoms with Crippen LogP contribution < -0.4 is 4.74 Å². The smallest absolute Gasteiger partial charge is 0.149 e. The van der Waals surface area contributed by atoms with E-state index in [2.05, 4.69) is 32.9 Å². The number of aromatic nitrogens is 3. The van der Waals surface area contributed by atoms with Crippen molar-refractivity contribution in [3.8, 4) is 22.6 Å². The van der Waals surface area contributed by atoms with Gasteiger partial charge in [0, 0.05) is 17.4 Å². The summed E-state index contributed by atoms with van der Waals surface area (Å²) in [6.45, 7) is 3.51. The van der Waals surface area contributed by atoms with Crippen LogP contribution in [0.5, 0.6) is 5.75 Å². The van der Waals surface area contributed by atoms with Gasteiger partial charge in [0.15, 0.2) is 0 Å². The van der Waals surface area contributed by atoms with Gasteiger partial charge >= 0.3 is 0 Å². The summed E-state index contributed by atoms with van der Waals surface area (Å²) in [4.78, 5) is 20.9. The van der Waals surface area contributed by atoms with Crippen molar-refractivity contribution in [3.63, 3.8) is 0 Å². The number of carbonyl (C=O) groups is 1. The largest absolute Gasteiger partial charge is 0.497 e. The molecule has 0 N–H and O–H groups in total. The molecule has 6 heteroatoms. The molecule has 0 aliphatic carbocycles. The number of Topliss-reactive ketones (excluding diaryl/α,β-unsaturated/α-hetero) is 1. The van der Waals surface area contributed by atoms with Gasteiger partial charge in [-0.1, -0.05) is 42.1 Å². The number of rotatable bonds is 6. The van der Waals surface area contributed by atoms with Crippen LogP contribution in [-0.2, 0) is 4.79 Å². The van der Waals surface area contributed by atoms with E-state index in [1.54, 1.807) is 20.4 Å². The highest BCUT2D eigenvalue weighted by Gasteiger charge is 2.20. The van der Waals surface area contributed by atoms with Crippen LogP contribution in [0.3, 0.4) is 0 Å². The first-order chi connectivity index (χ1) is 14.1. The van der Waals surface area contributed by atoms with E-state index in [1.165, 1.54) is 11.8 Å². The van der Waals surface area contributed by atoms with Gasteiger partial charge in [-0.15, -0.1) is 0 Å². The number of benzene rings is 2. The third-order valence-electron chi connectivity index (χ3n) is 4.84. The molecule has 2 aromatic heterocycles. The molecule has 0 spiro atoms. The molecule has 146 valence electrons. The maximum atomic E-state index is 11.8. The highest BCUT2D eigenvalue weighted by molar-refractivity contribution is 8.00. The lowest BCUT2D eigenvalue weighted by Crippen LogP contribution is -2.08. The van der Waals surface area contributed by atoms with Crippen LogP contribution in [0, 0.1) is 0 Å². The average Bonchev–Trinajstić information content (AvgIpc) is 3.15. The number of methoxy groups -OCH3 is 1. The second-order valence-electron chi connectivity index (χ2n) is 6.72. The van der Waals surface area contributed by atoms with Crippen molar-refractivity contribution in [3.05, 3.63) is 67.1 Å². The van der Waals surface area contributed by atoms with Gasteiger partial charge in [-0.3, -0.25) is 4.79 Å². The van der Waals surface area contributed by atoms with Crippen molar-refractivity contribution in [2.24, 2.45) is 0 Å². The minimum Gasteiger partial charge on any atom is -0.497 e. The molecule has 2 heterocycles. The molecule has 0 bridgehead atoms. The van der Waals surface area contributed by atoms with E-state index in [4.69, 9.17) is 4.74 Å². The molecular formula is C23H21N3O2S. The zero-order chi connectivity index (χ0) is 20.4. The molecule has 4 aromatic rings. The summed E-state index contributed by atoms with van der Waals surface area (Å²) in [6.07, 6.45) is 3.64. The van der Waals surface area contributed by atoms with Crippen LogP contribution >= 0.6 is 11.8 Å². The van der Waals surface area contributed by atoms with E-state index in [1.807, 2.05) is 49.4 Å². The number of ketones is 1. The highest BCUT2D eigenvalue weighted by atomic mass is 32.2. The van der Waals surface area contributed by atoms with E-state index in [9.17, 15) is 4.79 Å². The average molecular weight is 404 g/mol. The molecule has 29 heavy (non-hydrogen) atoms. The Morgan fingerprint density at radius 2 is 1.79 bits per heavy atom. The van der Waals surface area contributed by atoms with Gasteiger partial charge in [-0.2, -0.15) is 0 Å². The summed E-state index contributed by atoms with van der Waals surface area (Å²) < 4.78 is 7.34. The van der Waals surface area contributed by atoms with Gasteiger partial charge in [0.1, 0.15) is 28.5 Å². The van der Waals surface area contributed by atoms with Gasteiger partial charge in [0.2, 0.25) is 0 Å². The van der Waals surface area contributed by atoms with Crippen molar-refractivity contribution >= 4 is 28.6 Å². The molecule has 0 aliphatic heterocycles. The number of ether oxygens (including phenoxy) is 1. The summed E-state index contributed by atoms with van der Waals surface area (Å²) in [6, 6.07) is 18.0. The summed E-state index contributed by atoms with van der Waals surface area (Å²) in [7, 11) is 1.65. The molecule has 2 aromatic carbocycles. The third-order valence-corrected chi connectivity index (χ3v) is 6.06. The lowest BCUT2D eigenvalue weighted by Gasteiger charge is -2.09. The maximum absolute atomic E-state index is 11.8. The van der Waals surface area contributed by atoms with Gasteiger partial charge in [0.25, 0.3) is 0 Å². The zero-order valence-electron chi connectivity index (χ0n) is 16.5. The highest BCUT2D eigenvalue weighted by Crippen LogP contribution is 2.38. The summed E-state index contributed by atoms with van der Waals surface area (Å²) >= 11 is 1.47. The number of carbonyl (C=O) groups excluding carboxylic acids is 1. The lowest BCUT2D eigenvalue weighted by atomic mass is 10.1. The molecule has 0 fully saturated rings. The monoisotopic (exact) mass is 403 g/mol.